The van der Waals surface area contributed by atoms with Crippen molar-refractivity contribution in [3.05, 3.63) is 61.2 Å². The zero-order valence-electron chi connectivity index (χ0n) is 15.5. The second kappa shape index (κ2) is 10.7. The maximum absolute atomic E-state index is 12.1. The van der Waals surface area contributed by atoms with Gasteiger partial charge in [-0.05, 0) is 48.9 Å². The van der Waals surface area contributed by atoms with Crippen molar-refractivity contribution in [1.29, 1.82) is 0 Å². The normalized spacial score (nSPS) is 9.96. The monoisotopic (exact) mass is 367 g/mol. The Balaban J connectivity index is 1.83. The molecule has 3 N–H and O–H groups in total. The van der Waals surface area contributed by atoms with Gasteiger partial charge >= 0.3 is 0 Å². The molecule has 0 radical (unpaired) electrons. The Morgan fingerprint density at radius 2 is 1.67 bits per heavy atom. The molecule has 0 saturated heterocycles. The number of carbonyl (C=O) groups is 2. The molecule has 2 rings (SSSR count). The number of rotatable bonds is 10. The largest absolute Gasteiger partial charge is 0.490 e. The summed E-state index contributed by atoms with van der Waals surface area (Å²) < 4.78 is 5.41. The number of anilines is 3. The van der Waals surface area contributed by atoms with Crippen LogP contribution in [0, 0.1) is 0 Å². The number of benzene rings is 2. The molecule has 2 amide bonds. The van der Waals surface area contributed by atoms with Gasteiger partial charge in [0.05, 0.1) is 6.54 Å². The number of amides is 2. The van der Waals surface area contributed by atoms with Gasteiger partial charge in [-0.25, -0.2) is 0 Å². The molecule has 0 aliphatic heterocycles. The van der Waals surface area contributed by atoms with Crippen molar-refractivity contribution in [3.63, 3.8) is 0 Å². The van der Waals surface area contributed by atoms with Gasteiger partial charge in [-0.1, -0.05) is 25.6 Å². The van der Waals surface area contributed by atoms with Gasteiger partial charge in [0.2, 0.25) is 11.8 Å². The van der Waals surface area contributed by atoms with Crippen LogP contribution in [-0.4, -0.2) is 25.0 Å². The lowest BCUT2D eigenvalue weighted by atomic mass is 10.2. The van der Waals surface area contributed by atoms with Crippen LogP contribution in [0.5, 0.6) is 5.75 Å². The van der Waals surface area contributed by atoms with Crippen LogP contribution in [0.3, 0.4) is 0 Å². The van der Waals surface area contributed by atoms with Crippen LogP contribution in [0.4, 0.5) is 17.1 Å². The Hall–Kier alpha value is -3.28. The van der Waals surface area contributed by atoms with E-state index in [0.29, 0.717) is 24.4 Å². The van der Waals surface area contributed by atoms with E-state index in [9.17, 15) is 9.59 Å². The fraction of sp³-hybridized carbons (Fsp3) is 0.238. The minimum absolute atomic E-state index is 0.0387. The summed E-state index contributed by atoms with van der Waals surface area (Å²) in [5, 5.41) is 8.67. The van der Waals surface area contributed by atoms with Gasteiger partial charge < -0.3 is 20.7 Å². The molecule has 6 heteroatoms. The van der Waals surface area contributed by atoms with E-state index in [1.165, 1.54) is 0 Å². The molecule has 142 valence electrons. The molecule has 0 saturated carbocycles. The van der Waals surface area contributed by atoms with Gasteiger partial charge in [0.1, 0.15) is 12.4 Å². The Kier molecular flexibility index (Phi) is 7.91. The molecule has 0 aliphatic carbocycles. The van der Waals surface area contributed by atoms with E-state index in [2.05, 4.69) is 22.5 Å². The molecule has 0 spiro atoms. The summed E-state index contributed by atoms with van der Waals surface area (Å²) in [5.41, 5.74) is 2.11. The minimum atomic E-state index is -0.181. The standard InChI is InChI=1S/C21H25N3O3/c1-3-6-20(25)23-17-7-5-8-18(14-17)24-21(26)15-22-16-9-11-19(12-10-16)27-13-4-2/h4-5,7-12,14,22H,2-3,6,13,15H2,1H3,(H,23,25)(H,24,26). The lowest BCUT2D eigenvalue weighted by Crippen LogP contribution is -2.21. The summed E-state index contributed by atoms with van der Waals surface area (Å²) in [7, 11) is 0. The summed E-state index contributed by atoms with van der Waals surface area (Å²) in [6.45, 7) is 6.13. The number of carbonyl (C=O) groups excluding carboxylic acids is 2. The average molecular weight is 367 g/mol. The second-order valence-corrected chi connectivity index (χ2v) is 5.90. The second-order valence-electron chi connectivity index (χ2n) is 5.90. The van der Waals surface area contributed by atoms with Crippen molar-refractivity contribution in [1.82, 2.24) is 0 Å². The summed E-state index contributed by atoms with van der Waals surface area (Å²) >= 11 is 0. The first-order chi connectivity index (χ1) is 13.1. The van der Waals surface area contributed by atoms with Gasteiger partial charge in [0.25, 0.3) is 0 Å². The van der Waals surface area contributed by atoms with E-state index in [4.69, 9.17) is 4.74 Å². The van der Waals surface area contributed by atoms with Crippen LogP contribution in [0.2, 0.25) is 0 Å². The van der Waals surface area contributed by atoms with Gasteiger partial charge in [-0.15, -0.1) is 0 Å². The molecule has 0 fully saturated rings. The third-order valence-electron chi connectivity index (χ3n) is 3.58. The van der Waals surface area contributed by atoms with Gasteiger partial charge in [-0.3, -0.25) is 9.59 Å². The van der Waals surface area contributed by atoms with Crippen molar-refractivity contribution < 1.29 is 14.3 Å². The number of hydrogen-bond donors (Lipinski definition) is 3. The summed E-state index contributed by atoms with van der Waals surface area (Å²) in [4.78, 5) is 23.8. The topological polar surface area (TPSA) is 79.5 Å². The van der Waals surface area contributed by atoms with E-state index < -0.39 is 0 Å². The van der Waals surface area contributed by atoms with Gasteiger partial charge in [0.15, 0.2) is 0 Å². The van der Waals surface area contributed by atoms with Crippen LogP contribution >= 0.6 is 0 Å². The molecule has 0 aromatic heterocycles. The van der Waals surface area contributed by atoms with Crippen LogP contribution in [0.25, 0.3) is 0 Å². The molecule has 0 heterocycles. The first-order valence-corrected chi connectivity index (χ1v) is 8.88. The SMILES string of the molecule is C=CCOc1ccc(NCC(=O)Nc2cccc(NC(=O)CCC)c2)cc1. The van der Waals surface area contributed by atoms with E-state index >= 15 is 0 Å². The third-order valence-corrected chi connectivity index (χ3v) is 3.58. The molecule has 0 atom stereocenters. The highest BCUT2D eigenvalue weighted by molar-refractivity contribution is 5.95. The Morgan fingerprint density at radius 3 is 2.30 bits per heavy atom. The summed E-state index contributed by atoms with van der Waals surface area (Å²) in [5.74, 6) is 0.522. The van der Waals surface area contributed by atoms with Crippen molar-refractivity contribution in [2.24, 2.45) is 0 Å². The van der Waals surface area contributed by atoms with E-state index in [1.54, 1.807) is 30.3 Å². The van der Waals surface area contributed by atoms with E-state index in [0.717, 1.165) is 17.9 Å². The highest BCUT2D eigenvalue weighted by Gasteiger charge is 2.05. The molecule has 2 aromatic rings. The number of ether oxygens (including phenoxy) is 1. The molecular weight excluding hydrogens is 342 g/mol. The van der Waals surface area contributed by atoms with Crippen molar-refractivity contribution >= 4 is 28.9 Å². The Bertz CT molecular complexity index is 772. The number of hydrogen-bond acceptors (Lipinski definition) is 4. The Labute approximate surface area is 159 Å². The summed E-state index contributed by atoms with van der Waals surface area (Å²) in [6, 6.07) is 14.4. The number of nitrogens with one attached hydrogen (secondary N) is 3. The highest BCUT2D eigenvalue weighted by atomic mass is 16.5. The highest BCUT2D eigenvalue weighted by Crippen LogP contribution is 2.17. The Morgan fingerprint density at radius 1 is 1.00 bits per heavy atom. The first kappa shape index (κ1) is 20.0. The first-order valence-electron chi connectivity index (χ1n) is 8.88. The molecule has 27 heavy (non-hydrogen) atoms. The summed E-state index contributed by atoms with van der Waals surface area (Å²) in [6.07, 6.45) is 2.94. The van der Waals surface area contributed by atoms with Crippen molar-refractivity contribution in [2.75, 3.05) is 29.1 Å². The smallest absolute Gasteiger partial charge is 0.243 e. The van der Waals surface area contributed by atoms with E-state index in [1.807, 2.05) is 31.2 Å². The molecule has 2 aromatic carbocycles. The van der Waals surface area contributed by atoms with E-state index in [-0.39, 0.29) is 18.4 Å². The molecular formula is C21H25N3O3. The van der Waals surface area contributed by atoms with Crippen LogP contribution < -0.4 is 20.7 Å². The fourth-order valence-electron chi connectivity index (χ4n) is 2.34. The minimum Gasteiger partial charge on any atom is -0.490 e. The maximum Gasteiger partial charge on any atom is 0.243 e. The molecule has 0 bridgehead atoms. The zero-order chi connectivity index (χ0) is 19.5. The van der Waals surface area contributed by atoms with Crippen molar-refractivity contribution in [2.45, 2.75) is 19.8 Å². The van der Waals surface area contributed by atoms with Crippen LogP contribution in [0.15, 0.2) is 61.2 Å². The predicted octanol–water partition coefficient (Wildman–Crippen LogP) is 4.04. The molecule has 0 unspecified atom stereocenters. The van der Waals surface area contributed by atoms with Gasteiger partial charge in [-0.2, -0.15) is 0 Å². The lowest BCUT2D eigenvalue weighted by Gasteiger charge is -2.10. The van der Waals surface area contributed by atoms with Gasteiger partial charge in [0, 0.05) is 23.5 Å². The quantitative estimate of drug-likeness (QED) is 0.554. The third kappa shape index (κ3) is 7.23. The maximum atomic E-state index is 12.1. The van der Waals surface area contributed by atoms with Crippen molar-refractivity contribution in [3.8, 4) is 5.75 Å². The zero-order valence-corrected chi connectivity index (χ0v) is 15.5. The van der Waals surface area contributed by atoms with Crippen LogP contribution in [-0.2, 0) is 9.59 Å². The predicted molar refractivity (Wildman–Crippen MR) is 109 cm³/mol. The van der Waals surface area contributed by atoms with Crippen LogP contribution in [0.1, 0.15) is 19.8 Å². The average Bonchev–Trinajstić information content (AvgIpc) is 2.66. The molecule has 6 nitrogen and oxygen atoms in total. The molecule has 0 aliphatic rings. The fourth-order valence-corrected chi connectivity index (χ4v) is 2.34. The lowest BCUT2D eigenvalue weighted by molar-refractivity contribution is -0.116.